The summed E-state index contributed by atoms with van der Waals surface area (Å²) in [6.45, 7) is 2.38. The standard InChI is InChI=1S/C10H12N2OS/c1-8-4-6-14-9(8)3-2-5-12-10(13)7-11/h4,6H,5,7,11H2,1H3,(H,12,13). The van der Waals surface area contributed by atoms with E-state index in [1.165, 1.54) is 5.56 Å². The van der Waals surface area contributed by atoms with Gasteiger partial charge in [0.25, 0.3) is 0 Å². The molecule has 1 aromatic heterocycles. The van der Waals surface area contributed by atoms with Gasteiger partial charge in [-0.2, -0.15) is 0 Å². The molecule has 14 heavy (non-hydrogen) atoms. The SMILES string of the molecule is Cc1ccsc1C#CCNC(=O)CN. The highest BCUT2D eigenvalue weighted by Gasteiger charge is 1.94. The summed E-state index contributed by atoms with van der Waals surface area (Å²) < 4.78 is 0. The Balaban J connectivity index is 2.42. The van der Waals surface area contributed by atoms with E-state index in [-0.39, 0.29) is 12.5 Å². The van der Waals surface area contributed by atoms with E-state index in [4.69, 9.17) is 5.73 Å². The van der Waals surface area contributed by atoms with Gasteiger partial charge in [-0.15, -0.1) is 11.3 Å². The zero-order chi connectivity index (χ0) is 10.4. The van der Waals surface area contributed by atoms with Crippen LogP contribution in [-0.4, -0.2) is 19.0 Å². The first-order valence-corrected chi connectivity index (χ1v) is 5.11. The summed E-state index contributed by atoms with van der Waals surface area (Å²) in [7, 11) is 0. The summed E-state index contributed by atoms with van der Waals surface area (Å²) in [6, 6.07) is 2.02. The van der Waals surface area contributed by atoms with Crippen molar-refractivity contribution >= 4 is 17.2 Å². The summed E-state index contributed by atoms with van der Waals surface area (Å²) in [5.74, 6) is 5.67. The monoisotopic (exact) mass is 208 g/mol. The van der Waals surface area contributed by atoms with Crippen LogP contribution in [-0.2, 0) is 4.79 Å². The number of amides is 1. The zero-order valence-electron chi connectivity index (χ0n) is 7.96. The van der Waals surface area contributed by atoms with Crippen LogP contribution in [0.1, 0.15) is 10.4 Å². The van der Waals surface area contributed by atoms with E-state index < -0.39 is 0 Å². The molecule has 3 N–H and O–H groups in total. The Labute approximate surface area is 87.3 Å². The van der Waals surface area contributed by atoms with E-state index in [2.05, 4.69) is 17.2 Å². The van der Waals surface area contributed by atoms with Gasteiger partial charge in [-0.25, -0.2) is 0 Å². The van der Waals surface area contributed by atoms with E-state index in [9.17, 15) is 4.79 Å². The van der Waals surface area contributed by atoms with Crippen LogP contribution in [0.2, 0.25) is 0 Å². The number of thiophene rings is 1. The van der Waals surface area contributed by atoms with Gasteiger partial charge >= 0.3 is 0 Å². The number of hydrogen-bond donors (Lipinski definition) is 2. The summed E-state index contributed by atoms with van der Waals surface area (Å²) in [5.41, 5.74) is 6.29. The molecule has 0 spiro atoms. The molecule has 1 heterocycles. The van der Waals surface area contributed by atoms with Crippen molar-refractivity contribution in [3.05, 3.63) is 21.9 Å². The second-order valence-corrected chi connectivity index (χ2v) is 3.63. The largest absolute Gasteiger partial charge is 0.344 e. The molecule has 0 aliphatic heterocycles. The van der Waals surface area contributed by atoms with Crippen LogP contribution in [0.25, 0.3) is 0 Å². The Morgan fingerprint density at radius 1 is 1.71 bits per heavy atom. The fraction of sp³-hybridized carbons (Fsp3) is 0.300. The van der Waals surface area contributed by atoms with Gasteiger partial charge in [0, 0.05) is 0 Å². The lowest BCUT2D eigenvalue weighted by Crippen LogP contribution is -2.30. The van der Waals surface area contributed by atoms with Gasteiger partial charge in [0.1, 0.15) is 0 Å². The van der Waals surface area contributed by atoms with E-state index in [1.807, 2.05) is 18.4 Å². The summed E-state index contributed by atoms with van der Waals surface area (Å²) in [5, 5.41) is 4.58. The fourth-order valence-electron chi connectivity index (χ4n) is 0.840. The lowest BCUT2D eigenvalue weighted by molar-refractivity contribution is -0.119. The van der Waals surface area contributed by atoms with Crippen molar-refractivity contribution in [2.45, 2.75) is 6.92 Å². The first kappa shape index (κ1) is 10.8. The summed E-state index contributed by atoms with van der Waals surface area (Å²) in [6.07, 6.45) is 0. The molecule has 0 saturated heterocycles. The highest BCUT2D eigenvalue weighted by atomic mass is 32.1. The molecular weight excluding hydrogens is 196 g/mol. The van der Waals surface area contributed by atoms with E-state index >= 15 is 0 Å². The van der Waals surface area contributed by atoms with E-state index in [1.54, 1.807) is 11.3 Å². The smallest absolute Gasteiger partial charge is 0.234 e. The number of carbonyl (C=O) groups is 1. The van der Waals surface area contributed by atoms with E-state index in [0.29, 0.717) is 6.54 Å². The third-order valence-corrected chi connectivity index (χ3v) is 2.56. The Morgan fingerprint density at radius 3 is 3.07 bits per heavy atom. The zero-order valence-corrected chi connectivity index (χ0v) is 8.78. The molecule has 0 unspecified atom stereocenters. The van der Waals surface area contributed by atoms with Crippen molar-refractivity contribution in [2.75, 3.05) is 13.1 Å². The molecular formula is C10H12N2OS. The Morgan fingerprint density at radius 2 is 2.50 bits per heavy atom. The predicted molar refractivity (Wildman–Crippen MR) is 58.0 cm³/mol. The second kappa shape index (κ2) is 5.43. The number of rotatable bonds is 2. The average molecular weight is 208 g/mol. The van der Waals surface area contributed by atoms with Crippen LogP contribution in [0.5, 0.6) is 0 Å². The maximum atomic E-state index is 10.7. The quantitative estimate of drug-likeness (QED) is 0.695. The molecule has 1 aromatic rings. The minimum Gasteiger partial charge on any atom is -0.344 e. The highest BCUT2D eigenvalue weighted by Crippen LogP contribution is 2.12. The van der Waals surface area contributed by atoms with Gasteiger partial charge in [-0.05, 0) is 23.9 Å². The Hall–Kier alpha value is -1.31. The number of nitrogens with one attached hydrogen (secondary N) is 1. The Kier molecular flexibility index (Phi) is 4.17. The summed E-state index contributed by atoms with van der Waals surface area (Å²) in [4.78, 5) is 11.8. The van der Waals surface area contributed by atoms with Crippen LogP contribution >= 0.6 is 11.3 Å². The number of hydrogen-bond acceptors (Lipinski definition) is 3. The molecule has 1 amide bonds. The van der Waals surface area contributed by atoms with E-state index in [0.717, 1.165) is 4.88 Å². The molecule has 0 atom stereocenters. The molecule has 4 heteroatoms. The number of nitrogens with two attached hydrogens (primary N) is 1. The third kappa shape index (κ3) is 3.21. The first-order chi connectivity index (χ1) is 6.74. The second-order valence-electron chi connectivity index (χ2n) is 2.72. The first-order valence-electron chi connectivity index (χ1n) is 4.23. The molecule has 0 radical (unpaired) electrons. The lowest BCUT2D eigenvalue weighted by Gasteiger charge is -1.94. The maximum absolute atomic E-state index is 10.7. The molecule has 0 saturated carbocycles. The van der Waals surface area contributed by atoms with Gasteiger partial charge < -0.3 is 11.1 Å². The minimum absolute atomic E-state index is 0.0136. The van der Waals surface area contributed by atoms with Crippen molar-refractivity contribution < 1.29 is 4.79 Å². The topological polar surface area (TPSA) is 55.1 Å². The average Bonchev–Trinajstić information content (AvgIpc) is 2.58. The van der Waals surface area contributed by atoms with Gasteiger partial charge in [0.05, 0.1) is 18.0 Å². The van der Waals surface area contributed by atoms with Gasteiger partial charge in [-0.1, -0.05) is 11.8 Å². The molecule has 0 bridgehead atoms. The van der Waals surface area contributed by atoms with Crippen molar-refractivity contribution in [3.8, 4) is 11.8 Å². The van der Waals surface area contributed by atoms with Crippen LogP contribution in [0.4, 0.5) is 0 Å². The van der Waals surface area contributed by atoms with Gasteiger partial charge in [0.15, 0.2) is 0 Å². The molecule has 0 aromatic carbocycles. The Bertz CT molecular complexity index is 373. The molecule has 3 nitrogen and oxygen atoms in total. The number of aryl methyl sites for hydroxylation is 1. The molecule has 0 aliphatic rings. The number of carbonyl (C=O) groups excluding carboxylic acids is 1. The lowest BCUT2D eigenvalue weighted by atomic mass is 10.3. The molecule has 0 aliphatic carbocycles. The van der Waals surface area contributed by atoms with Crippen molar-refractivity contribution in [2.24, 2.45) is 5.73 Å². The van der Waals surface area contributed by atoms with Gasteiger partial charge in [0.2, 0.25) is 5.91 Å². The molecule has 1 rings (SSSR count). The fourth-order valence-corrected chi connectivity index (χ4v) is 1.63. The molecule has 0 fully saturated rings. The van der Waals surface area contributed by atoms with Crippen molar-refractivity contribution in [1.29, 1.82) is 0 Å². The highest BCUT2D eigenvalue weighted by molar-refractivity contribution is 7.10. The van der Waals surface area contributed by atoms with Crippen LogP contribution < -0.4 is 11.1 Å². The predicted octanol–water partition coefficient (Wildman–Crippen LogP) is 0.483. The van der Waals surface area contributed by atoms with Crippen LogP contribution in [0.3, 0.4) is 0 Å². The van der Waals surface area contributed by atoms with Crippen LogP contribution in [0, 0.1) is 18.8 Å². The van der Waals surface area contributed by atoms with Crippen molar-refractivity contribution in [3.63, 3.8) is 0 Å². The molecule has 74 valence electrons. The van der Waals surface area contributed by atoms with Crippen LogP contribution in [0.15, 0.2) is 11.4 Å². The third-order valence-electron chi connectivity index (χ3n) is 1.62. The normalized spacial score (nSPS) is 9.00. The van der Waals surface area contributed by atoms with Gasteiger partial charge in [-0.3, -0.25) is 4.79 Å². The maximum Gasteiger partial charge on any atom is 0.234 e. The van der Waals surface area contributed by atoms with Crippen molar-refractivity contribution in [1.82, 2.24) is 5.32 Å². The minimum atomic E-state index is -0.179. The summed E-state index contributed by atoms with van der Waals surface area (Å²) >= 11 is 1.60.